The van der Waals surface area contributed by atoms with Gasteiger partial charge >= 0.3 is 0 Å². The number of piperazine rings is 1. The minimum absolute atomic E-state index is 0.00207. The van der Waals surface area contributed by atoms with Gasteiger partial charge < -0.3 is 14.7 Å². The first-order valence-electron chi connectivity index (χ1n) is 9.74. The van der Waals surface area contributed by atoms with Crippen molar-refractivity contribution in [1.82, 2.24) is 4.90 Å². The minimum atomic E-state index is -0.00207. The second kappa shape index (κ2) is 7.84. The maximum atomic E-state index is 13.2. The Bertz CT molecular complexity index is 906. The van der Waals surface area contributed by atoms with E-state index in [0.717, 1.165) is 35.9 Å². The maximum absolute atomic E-state index is 13.2. The van der Waals surface area contributed by atoms with Gasteiger partial charge in [0.15, 0.2) is 0 Å². The molecular formula is C22H24ClN3O2. The molecule has 0 unspecified atom stereocenters. The van der Waals surface area contributed by atoms with E-state index in [9.17, 15) is 9.59 Å². The fraction of sp³-hybridized carbons (Fsp3) is 0.364. The number of anilines is 2. The monoisotopic (exact) mass is 397 g/mol. The lowest BCUT2D eigenvalue weighted by Gasteiger charge is -2.37. The molecule has 2 aromatic rings. The molecule has 4 rings (SSSR count). The predicted octanol–water partition coefficient (Wildman–Crippen LogP) is 3.74. The Labute approximate surface area is 170 Å². The standard InChI is InChI=1S/C22H24ClN3O2/c1-16-8-9-17(23)15-20(16)24-11-13-25(14-12-24)22(28)18-5-2-3-6-19(18)26-10-4-7-21(26)27/h2-3,5-6,8-9,15H,4,7,10-14H2,1H3. The van der Waals surface area contributed by atoms with Crippen LogP contribution in [0.3, 0.4) is 0 Å². The summed E-state index contributed by atoms with van der Waals surface area (Å²) in [6, 6.07) is 13.4. The van der Waals surface area contributed by atoms with Gasteiger partial charge in [-0.3, -0.25) is 9.59 Å². The smallest absolute Gasteiger partial charge is 0.256 e. The Morgan fingerprint density at radius 1 is 0.964 bits per heavy atom. The molecule has 6 heteroatoms. The number of amides is 2. The highest BCUT2D eigenvalue weighted by atomic mass is 35.5. The van der Waals surface area contributed by atoms with Crippen molar-refractivity contribution >= 4 is 34.8 Å². The molecule has 0 aromatic heterocycles. The normalized spacial score (nSPS) is 17.4. The maximum Gasteiger partial charge on any atom is 0.256 e. The van der Waals surface area contributed by atoms with Gasteiger partial charge in [0.05, 0.1) is 11.3 Å². The zero-order chi connectivity index (χ0) is 19.7. The Kier molecular flexibility index (Phi) is 5.27. The summed E-state index contributed by atoms with van der Waals surface area (Å²) in [4.78, 5) is 31.3. The van der Waals surface area contributed by atoms with E-state index in [-0.39, 0.29) is 11.8 Å². The van der Waals surface area contributed by atoms with E-state index in [1.165, 1.54) is 5.56 Å². The largest absolute Gasteiger partial charge is 0.368 e. The molecule has 2 aliphatic rings. The zero-order valence-corrected chi connectivity index (χ0v) is 16.8. The van der Waals surface area contributed by atoms with E-state index in [0.29, 0.717) is 31.6 Å². The number of para-hydroxylation sites is 1. The van der Waals surface area contributed by atoms with Crippen LogP contribution in [0.15, 0.2) is 42.5 Å². The number of carbonyl (C=O) groups excluding carboxylic acids is 2. The molecule has 2 saturated heterocycles. The highest BCUT2D eigenvalue weighted by Crippen LogP contribution is 2.28. The fourth-order valence-corrected chi connectivity index (χ4v) is 4.20. The van der Waals surface area contributed by atoms with Crippen molar-refractivity contribution in [3.8, 4) is 0 Å². The average molecular weight is 398 g/mol. The number of hydrogen-bond donors (Lipinski definition) is 0. The van der Waals surface area contributed by atoms with Crippen molar-refractivity contribution in [3.05, 3.63) is 58.6 Å². The number of halogens is 1. The van der Waals surface area contributed by atoms with Crippen molar-refractivity contribution in [3.63, 3.8) is 0 Å². The van der Waals surface area contributed by atoms with E-state index in [1.807, 2.05) is 47.4 Å². The van der Waals surface area contributed by atoms with Crippen LogP contribution in [0.2, 0.25) is 5.02 Å². The lowest BCUT2D eigenvalue weighted by Crippen LogP contribution is -2.49. The van der Waals surface area contributed by atoms with Crippen molar-refractivity contribution < 1.29 is 9.59 Å². The molecular weight excluding hydrogens is 374 g/mol. The lowest BCUT2D eigenvalue weighted by molar-refractivity contribution is -0.117. The molecule has 0 radical (unpaired) electrons. The third kappa shape index (κ3) is 3.59. The molecule has 5 nitrogen and oxygen atoms in total. The summed E-state index contributed by atoms with van der Waals surface area (Å²) in [6.45, 7) is 5.58. The van der Waals surface area contributed by atoms with Crippen LogP contribution in [0, 0.1) is 6.92 Å². The zero-order valence-electron chi connectivity index (χ0n) is 16.0. The molecule has 28 heavy (non-hydrogen) atoms. The molecule has 2 aliphatic heterocycles. The van der Waals surface area contributed by atoms with Gasteiger partial charge in [0.1, 0.15) is 0 Å². The highest BCUT2D eigenvalue weighted by molar-refractivity contribution is 6.30. The summed E-state index contributed by atoms with van der Waals surface area (Å²) in [5, 5.41) is 0.725. The van der Waals surface area contributed by atoms with Gasteiger partial charge in [-0.1, -0.05) is 29.8 Å². The summed E-state index contributed by atoms with van der Waals surface area (Å²) >= 11 is 6.16. The Morgan fingerprint density at radius 2 is 1.71 bits per heavy atom. The van der Waals surface area contributed by atoms with Gasteiger partial charge in [0.2, 0.25) is 5.91 Å². The quantitative estimate of drug-likeness (QED) is 0.792. The third-order valence-corrected chi connectivity index (χ3v) is 5.81. The first-order chi connectivity index (χ1) is 13.5. The van der Waals surface area contributed by atoms with Crippen LogP contribution in [-0.4, -0.2) is 49.4 Å². The van der Waals surface area contributed by atoms with Crippen LogP contribution < -0.4 is 9.80 Å². The second-order valence-electron chi connectivity index (χ2n) is 7.38. The van der Waals surface area contributed by atoms with Gasteiger partial charge in [-0.05, 0) is 43.2 Å². The summed E-state index contributed by atoms with van der Waals surface area (Å²) < 4.78 is 0. The number of carbonyl (C=O) groups is 2. The first kappa shape index (κ1) is 18.8. The van der Waals surface area contributed by atoms with Crippen LogP contribution in [0.5, 0.6) is 0 Å². The summed E-state index contributed by atoms with van der Waals surface area (Å²) in [6.07, 6.45) is 1.40. The van der Waals surface area contributed by atoms with E-state index >= 15 is 0 Å². The Balaban J connectivity index is 1.49. The van der Waals surface area contributed by atoms with Gasteiger partial charge in [0, 0.05) is 49.9 Å². The third-order valence-electron chi connectivity index (χ3n) is 5.58. The number of hydrogen-bond acceptors (Lipinski definition) is 3. The first-order valence-corrected chi connectivity index (χ1v) is 10.1. The van der Waals surface area contributed by atoms with Crippen LogP contribution in [0.1, 0.15) is 28.8 Å². The van der Waals surface area contributed by atoms with Crippen molar-refractivity contribution in [2.75, 3.05) is 42.5 Å². The minimum Gasteiger partial charge on any atom is -0.368 e. The second-order valence-corrected chi connectivity index (χ2v) is 7.81. The Morgan fingerprint density at radius 3 is 2.43 bits per heavy atom. The molecule has 2 fully saturated rings. The van der Waals surface area contributed by atoms with Gasteiger partial charge in [-0.2, -0.15) is 0 Å². The number of rotatable bonds is 3. The summed E-state index contributed by atoms with van der Waals surface area (Å²) in [7, 11) is 0. The molecule has 2 aromatic carbocycles. The van der Waals surface area contributed by atoms with Crippen LogP contribution >= 0.6 is 11.6 Å². The van der Waals surface area contributed by atoms with Crippen molar-refractivity contribution in [2.24, 2.45) is 0 Å². The number of nitrogens with zero attached hydrogens (tertiary/aromatic N) is 3. The molecule has 2 amide bonds. The molecule has 0 saturated carbocycles. The predicted molar refractivity (Wildman–Crippen MR) is 112 cm³/mol. The Hall–Kier alpha value is -2.53. The average Bonchev–Trinajstić information content (AvgIpc) is 3.15. The van der Waals surface area contributed by atoms with Crippen LogP contribution in [-0.2, 0) is 4.79 Å². The fourth-order valence-electron chi connectivity index (χ4n) is 4.04. The SMILES string of the molecule is Cc1ccc(Cl)cc1N1CCN(C(=O)c2ccccc2N2CCCC2=O)CC1. The van der Waals surface area contributed by atoms with Gasteiger partial charge in [-0.25, -0.2) is 0 Å². The van der Waals surface area contributed by atoms with E-state index in [1.54, 1.807) is 4.90 Å². The molecule has 2 heterocycles. The molecule has 0 aliphatic carbocycles. The van der Waals surface area contributed by atoms with Gasteiger partial charge in [-0.15, -0.1) is 0 Å². The topological polar surface area (TPSA) is 43.9 Å². The van der Waals surface area contributed by atoms with Crippen LogP contribution in [0.25, 0.3) is 0 Å². The van der Waals surface area contributed by atoms with Crippen molar-refractivity contribution in [2.45, 2.75) is 19.8 Å². The summed E-state index contributed by atoms with van der Waals surface area (Å²) in [5.41, 5.74) is 3.66. The van der Waals surface area contributed by atoms with E-state index < -0.39 is 0 Å². The molecule has 0 bridgehead atoms. The molecule has 0 atom stereocenters. The van der Waals surface area contributed by atoms with E-state index in [2.05, 4.69) is 11.8 Å². The lowest BCUT2D eigenvalue weighted by atomic mass is 10.1. The summed E-state index contributed by atoms with van der Waals surface area (Å²) in [5.74, 6) is 0.0965. The van der Waals surface area contributed by atoms with E-state index in [4.69, 9.17) is 11.6 Å². The number of aryl methyl sites for hydroxylation is 1. The molecule has 0 spiro atoms. The van der Waals surface area contributed by atoms with Crippen molar-refractivity contribution in [1.29, 1.82) is 0 Å². The molecule has 0 N–H and O–H groups in total. The molecule has 146 valence electrons. The van der Waals surface area contributed by atoms with Gasteiger partial charge in [0.25, 0.3) is 5.91 Å². The van der Waals surface area contributed by atoms with Crippen LogP contribution in [0.4, 0.5) is 11.4 Å². The number of benzene rings is 2. The highest BCUT2D eigenvalue weighted by Gasteiger charge is 2.29.